The normalized spacial score (nSPS) is 21.3. The fourth-order valence-electron chi connectivity index (χ4n) is 3.44. The van der Waals surface area contributed by atoms with Gasteiger partial charge in [0.2, 0.25) is 0 Å². The lowest BCUT2D eigenvalue weighted by molar-refractivity contribution is 0.0908. The monoisotopic (exact) mass is 313 g/mol. The van der Waals surface area contributed by atoms with Gasteiger partial charge in [0.05, 0.1) is 0 Å². The van der Waals surface area contributed by atoms with Crippen LogP contribution in [0.4, 0.5) is 0 Å². The summed E-state index contributed by atoms with van der Waals surface area (Å²) in [5.41, 5.74) is 0.576. The summed E-state index contributed by atoms with van der Waals surface area (Å²) in [7, 11) is 0. The molecule has 0 aromatic carbocycles. The Morgan fingerprint density at radius 1 is 1.39 bits per heavy atom. The number of aryl methyl sites for hydroxylation is 1. The van der Waals surface area contributed by atoms with Crippen molar-refractivity contribution in [3.63, 3.8) is 0 Å². The summed E-state index contributed by atoms with van der Waals surface area (Å²) in [4.78, 5) is 29.6. The maximum atomic E-state index is 12.6. The van der Waals surface area contributed by atoms with Crippen LogP contribution in [0.25, 0.3) is 11.0 Å². The van der Waals surface area contributed by atoms with Crippen LogP contribution in [-0.2, 0) is 6.54 Å². The van der Waals surface area contributed by atoms with E-state index in [0.29, 0.717) is 18.1 Å². The van der Waals surface area contributed by atoms with Gasteiger partial charge in [0.15, 0.2) is 0 Å². The van der Waals surface area contributed by atoms with Crippen molar-refractivity contribution in [2.75, 3.05) is 0 Å². The van der Waals surface area contributed by atoms with Crippen molar-refractivity contribution in [1.82, 2.24) is 14.9 Å². The van der Waals surface area contributed by atoms with E-state index in [1.807, 2.05) is 19.1 Å². The molecule has 2 aromatic heterocycles. The molecule has 1 N–H and O–H groups in total. The van der Waals surface area contributed by atoms with E-state index in [1.54, 1.807) is 16.8 Å². The molecule has 122 valence electrons. The summed E-state index contributed by atoms with van der Waals surface area (Å²) in [5, 5.41) is 3.88. The summed E-state index contributed by atoms with van der Waals surface area (Å²) >= 11 is 0. The lowest BCUT2D eigenvalue weighted by atomic mass is 9.86. The van der Waals surface area contributed by atoms with Crippen molar-refractivity contribution in [2.24, 2.45) is 5.92 Å². The second kappa shape index (κ2) is 6.52. The van der Waals surface area contributed by atoms with Gasteiger partial charge in [0.25, 0.3) is 11.5 Å². The molecule has 2 atom stereocenters. The van der Waals surface area contributed by atoms with Crippen molar-refractivity contribution < 1.29 is 4.79 Å². The number of carbonyl (C=O) groups is 1. The van der Waals surface area contributed by atoms with E-state index >= 15 is 0 Å². The Balaban J connectivity index is 1.97. The van der Waals surface area contributed by atoms with Crippen LogP contribution in [0, 0.1) is 5.92 Å². The van der Waals surface area contributed by atoms with Crippen LogP contribution in [0.5, 0.6) is 0 Å². The van der Waals surface area contributed by atoms with Crippen LogP contribution in [-0.4, -0.2) is 21.5 Å². The highest BCUT2D eigenvalue weighted by Crippen LogP contribution is 2.24. The van der Waals surface area contributed by atoms with Crippen LogP contribution in [0.3, 0.4) is 0 Å². The lowest BCUT2D eigenvalue weighted by Gasteiger charge is -2.29. The van der Waals surface area contributed by atoms with Crippen molar-refractivity contribution in [3.8, 4) is 0 Å². The van der Waals surface area contributed by atoms with Gasteiger partial charge < -0.3 is 5.32 Å². The van der Waals surface area contributed by atoms with Crippen LogP contribution < -0.4 is 10.9 Å². The minimum atomic E-state index is -0.264. The summed E-state index contributed by atoms with van der Waals surface area (Å²) < 4.78 is 1.56. The van der Waals surface area contributed by atoms with E-state index in [0.717, 1.165) is 24.6 Å². The molecule has 1 fully saturated rings. The van der Waals surface area contributed by atoms with E-state index in [4.69, 9.17) is 0 Å². The molecule has 1 amide bonds. The quantitative estimate of drug-likeness (QED) is 0.947. The smallest absolute Gasteiger partial charge is 0.265 e. The lowest BCUT2D eigenvalue weighted by Crippen LogP contribution is -2.43. The van der Waals surface area contributed by atoms with Crippen LogP contribution in [0.1, 0.15) is 49.9 Å². The standard InChI is InChI=1S/C18H23N3O2/c1-3-21-16-13(8-6-10-19-16)11-14(18(21)23)17(22)20-15-9-5-4-7-12(15)2/h6,8,10-12,15H,3-5,7,9H2,1-2H3,(H,20,22)/t12-,15+/m0/s1. The highest BCUT2D eigenvalue weighted by Gasteiger charge is 2.25. The zero-order chi connectivity index (χ0) is 16.4. The van der Waals surface area contributed by atoms with E-state index in [1.165, 1.54) is 6.42 Å². The SMILES string of the molecule is CCn1c(=O)c(C(=O)N[C@@H]2CCCC[C@@H]2C)cc2cccnc21. The third-order valence-corrected chi connectivity index (χ3v) is 4.84. The number of nitrogens with zero attached hydrogens (tertiary/aromatic N) is 2. The van der Waals surface area contributed by atoms with Gasteiger partial charge in [0, 0.05) is 24.2 Å². The number of fused-ring (bicyclic) bond motifs is 1. The molecule has 2 aromatic rings. The van der Waals surface area contributed by atoms with Crippen molar-refractivity contribution in [3.05, 3.63) is 40.3 Å². The van der Waals surface area contributed by atoms with Gasteiger partial charge in [0.1, 0.15) is 11.2 Å². The fraction of sp³-hybridized carbons (Fsp3) is 0.500. The first-order valence-corrected chi connectivity index (χ1v) is 8.41. The Morgan fingerprint density at radius 2 is 2.17 bits per heavy atom. The summed E-state index contributed by atoms with van der Waals surface area (Å²) in [6, 6.07) is 5.53. The molecule has 0 bridgehead atoms. The number of carbonyl (C=O) groups excluding carboxylic acids is 1. The van der Waals surface area contributed by atoms with E-state index in [9.17, 15) is 9.59 Å². The summed E-state index contributed by atoms with van der Waals surface area (Å²) in [6.07, 6.45) is 6.14. The van der Waals surface area contributed by atoms with Crippen molar-refractivity contribution in [2.45, 2.75) is 52.1 Å². The van der Waals surface area contributed by atoms with Crippen LogP contribution in [0.2, 0.25) is 0 Å². The fourth-order valence-corrected chi connectivity index (χ4v) is 3.44. The maximum absolute atomic E-state index is 12.6. The van der Waals surface area contributed by atoms with Gasteiger partial charge >= 0.3 is 0 Å². The number of aromatic nitrogens is 2. The second-order valence-electron chi connectivity index (χ2n) is 6.37. The Kier molecular flexibility index (Phi) is 4.46. The number of pyridine rings is 2. The molecule has 0 aliphatic heterocycles. The molecule has 1 saturated carbocycles. The largest absolute Gasteiger partial charge is 0.349 e. The van der Waals surface area contributed by atoms with Gasteiger partial charge in [-0.3, -0.25) is 14.2 Å². The summed E-state index contributed by atoms with van der Waals surface area (Å²) in [5.74, 6) is 0.199. The molecule has 3 rings (SSSR count). The maximum Gasteiger partial charge on any atom is 0.265 e. The topological polar surface area (TPSA) is 64.0 Å². The Hall–Kier alpha value is -2.17. The average molecular weight is 313 g/mol. The minimum Gasteiger partial charge on any atom is -0.349 e. The molecular formula is C18H23N3O2. The van der Waals surface area contributed by atoms with Crippen LogP contribution in [0.15, 0.2) is 29.2 Å². The van der Waals surface area contributed by atoms with Crippen molar-refractivity contribution in [1.29, 1.82) is 0 Å². The third kappa shape index (κ3) is 3.00. The average Bonchev–Trinajstić information content (AvgIpc) is 2.56. The summed E-state index contributed by atoms with van der Waals surface area (Å²) in [6.45, 7) is 4.55. The highest BCUT2D eigenvalue weighted by molar-refractivity contribution is 5.97. The molecule has 1 aliphatic carbocycles. The number of hydrogen-bond acceptors (Lipinski definition) is 3. The molecule has 0 radical (unpaired) electrons. The van der Waals surface area contributed by atoms with E-state index < -0.39 is 0 Å². The van der Waals surface area contributed by atoms with Gasteiger partial charge in [-0.25, -0.2) is 4.98 Å². The van der Waals surface area contributed by atoms with Gasteiger partial charge in [-0.1, -0.05) is 19.8 Å². The first-order valence-electron chi connectivity index (χ1n) is 8.41. The predicted octanol–water partition coefficient (Wildman–Crippen LogP) is 2.72. The molecule has 1 aliphatic rings. The van der Waals surface area contributed by atoms with Crippen molar-refractivity contribution >= 4 is 16.9 Å². The third-order valence-electron chi connectivity index (χ3n) is 4.84. The second-order valence-corrected chi connectivity index (χ2v) is 6.37. The molecule has 2 heterocycles. The molecule has 0 unspecified atom stereocenters. The van der Waals surface area contributed by atoms with Gasteiger partial charge in [-0.2, -0.15) is 0 Å². The molecular weight excluding hydrogens is 290 g/mol. The van der Waals surface area contributed by atoms with E-state index in [-0.39, 0.29) is 23.1 Å². The van der Waals surface area contributed by atoms with Crippen LogP contribution >= 0.6 is 0 Å². The van der Waals surface area contributed by atoms with E-state index in [2.05, 4.69) is 17.2 Å². The Bertz CT molecular complexity index is 781. The zero-order valence-electron chi connectivity index (χ0n) is 13.7. The van der Waals surface area contributed by atoms with Gasteiger partial charge in [-0.15, -0.1) is 0 Å². The molecule has 0 saturated heterocycles. The minimum absolute atomic E-state index is 0.162. The first-order chi connectivity index (χ1) is 11.1. The van der Waals surface area contributed by atoms with Gasteiger partial charge in [-0.05, 0) is 43.9 Å². The number of nitrogens with one attached hydrogen (secondary N) is 1. The Morgan fingerprint density at radius 3 is 2.91 bits per heavy atom. The Labute approximate surface area is 135 Å². The first kappa shape index (κ1) is 15.7. The molecule has 0 spiro atoms. The molecule has 5 nitrogen and oxygen atoms in total. The molecule has 23 heavy (non-hydrogen) atoms. The number of amides is 1. The predicted molar refractivity (Wildman–Crippen MR) is 90.6 cm³/mol. The zero-order valence-corrected chi connectivity index (χ0v) is 13.7. The number of rotatable bonds is 3. The highest BCUT2D eigenvalue weighted by atomic mass is 16.2. The molecule has 5 heteroatoms. The number of hydrogen-bond donors (Lipinski definition) is 1.